The molecule has 0 aliphatic heterocycles. The van der Waals surface area contributed by atoms with E-state index in [-0.39, 0.29) is 0 Å². The second-order valence-electron chi connectivity index (χ2n) is 3.07. The van der Waals surface area contributed by atoms with Crippen molar-refractivity contribution in [1.82, 2.24) is 0 Å². The first-order valence-electron chi connectivity index (χ1n) is 4.09. The van der Waals surface area contributed by atoms with Gasteiger partial charge in [-0.3, -0.25) is 0 Å². The molecular formula is C11H6N2S. The highest BCUT2D eigenvalue weighted by molar-refractivity contribution is 7.19. The summed E-state index contributed by atoms with van der Waals surface area (Å²) in [5, 5.41) is 18.7. The van der Waals surface area contributed by atoms with Gasteiger partial charge in [-0.05, 0) is 30.0 Å². The normalized spacial score (nSPS) is 9.64. The van der Waals surface area contributed by atoms with Gasteiger partial charge in [-0.25, -0.2) is 0 Å². The third kappa shape index (κ3) is 1.25. The Kier molecular flexibility index (Phi) is 1.96. The fourth-order valence-electron chi connectivity index (χ4n) is 1.44. The quantitative estimate of drug-likeness (QED) is 0.653. The van der Waals surface area contributed by atoms with E-state index >= 15 is 0 Å². The molecular weight excluding hydrogens is 192 g/mol. The van der Waals surface area contributed by atoms with Gasteiger partial charge in [0.25, 0.3) is 0 Å². The van der Waals surface area contributed by atoms with Crippen molar-refractivity contribution < 1.29 is 0 Å². The Morgan fingerprint density at radius 2 is 1.93 bits per heavy atom. The van der Waals surface area contributed by atoms with Gasteiger partial charge < -0.3 is 0 Å². The highest BCUT2D eigenvalue weighted by Gasteiger charge is 2.06. The molecule has 0 aliphatic rings. The molecule has 0 aliphatic carbocycles. The predicted octanol–water partition coefficient (Wildman–Crippen LogP) is 2.95. The van der Waals surface area contributed by atoms with E-state index in [2.05, 4.69) is 12.1 Å². The van der Waals surface area contributed by atoms with Crippen molar-refractivity contribution in [2.75, 3.05) is 0 Å². The summed E-state index contributed by atoms with van der Waals surface area (Å²) >= 11 is 1.37. The van der Waals surface area contributed by atoms with Crippen molar-refractivity contribution >= 4 is 21.4 Å². The van der Waals surface area contributed by atoms with Gasteiger partial charge in [0.2, 0.25) is 0 Å². The zero-order valence-corrected chi connectivity index (χ0v) is 8.35. The van der Waals surface area contributed by atoms with Gasteiger partial charge >= 0.3 is 0 Å². The van der Waals surface area contributed by atoms with Crippen LogP contribution in [0.15, 0.2) is 18.2 Å². The molecule has 3 heteroatoms. The third-order valence-corrected chi connectivity index (χ3v) is 3.08. The van der Waals surface area contributed by atoms with Crippen molar-refractivity contribution in [1.29, 1.82) is 10.5 Å². The topological polar surface area (TPSA) is 47.6 Å². The third-order valence-electron chi connectivity index (χ3n) is 1.99. The first-order chi connectivity index (χ1) is 6.74. The van der Waals surface area contributed by atoms with Crippen molar-refractivity contribution in [2.24, 2.45) is 0 Å². The molecule has 1 heterocycles. The monoisotopic (exact) mass is 198 g/mol. The number of nitriles is 2. The average Bonchev–Trinajstić information content (AvgIpc) is 2.59. The van der Waals surface area contributed by atoms with E-state index in [4.69, 9.17) is 10.5 Å². The largest absolute Gasteiger partial charge is 0.192 e. The molecule has 0 fully saturated rings. The zero-order valence-electron chi connectivity index (χ0n) is 7.53. The van der Waals surface area contributed by atoms with Crippen molar-refractivity contribution in [2.45, 2.75) is 6.92 Å². The number of aryl methyl sites for hydroxylation is 1. The van der Waals surface area contributed by atoms with Crippen molar-refractivity contribution in [3.63, 3.8) is 0 Å². The standard InChI is InChI=1S/C11H6N2S/c1-7-2-8-4-10(6-13)14-11(8)9(3-7)5-12/h2-4H,1H3. The smallest absolute Gasteiger partial charge is 0.110 e. The van der Waals surface area contributed by atoms with Crippen LogP contribution in [0.25, 0.3) is 10.1 Å². The van der Waals surface area contributed by atoms with E-state index < -0.39 is 0 Å². The second kappa shape index (κ2) is 3.14. The van der Waals surface area contributed by atoms with E-state index in [1.165, 1.54) is 11.3 Å². The van der Waals surface area contributed by atoms with Crippen LogP contribution in [0.5, 0.6) is 0 Å². The summed E-state index contributed by atoms with van der Waals surface area (Å²) in [4.78, 5) is 0.655. The van der Waals surface area contributed by atoms with Crippen molar-refractivity contribution in [3.8, 4) is 12.1 Å². The summed E-state index contributed by atoms with van der Waals surface area (Å²) in [5.74, 6) is 0. The molecule has 0 amide bonds. The Morgan fingerprint density at radius 1 is 1.14 bits per heavy atom. The molecule has 0 saturated carbocycles. The highest BCUT2D eigenvalue weighted by Crippen LogP contribution is 2.29. The number of thiophene rings is 1. The van der Waals surface area contributed by atoms with E-state index in [0.717, 1.165) is 15.6 Å². The van der Waals surface area contributed by atoms with Crippen LogP contribution in [0.1, 0.15) is 16.0 Å². The van der Waals surface area contributed by atoms with Crippen molar-refractivity contribution in [3.05, 3.63) is 34.2 Å². The molecule has 14 heavy (non-hydrogen) atoms. The lowest BCUT2D eigenvalue weighted by molar-refractivity contribution is 1.46. The Bertz CT molecular complexity index is 582. The number of rotatable bonds is 0. The second-order valence-corrected chi connectivity index (χ2v) is 4.12. The number of hydrogen-bond donors (Lipinski definition) is 0. The Morgan fingerprint density at radius 3 is 2.57 bits per heavy atom. The molecule has 2 rings (SSSR count). The van der Waals surface area contributed by atoms with E-state index in [9.17, 15) is 0 Å². The van der Waals surface area contributed by atoms with E-state index in [0.29, 0.717) is 10.4 Å². The van der Waals surface area contributed by atoms with Crippen LogP contribution in [-0.4, -0.2) is 0 Å². The number of fused-ring (bicyclic) bond motifs is 1. The maximum Gasteiger partial charge on any atom is 0.110 e. The molecule has 0 bridgehead atoms. The number of nitrogens with zero attached hydrogens (tertiary/aromatic N) is 2. The minimum absolute atomic E-state index is 0.655. The summed E-state index contributed by atoms with van der Waals surface area (Å²) in [6.45, 7) is 1.95. The zero-order chi connectivity index (χ0) is 10.1. The molecule has 2 aromatic rings. The van der Waals surface area contributed by atoms with Gasteiger partial charge in [-0.15, -0.1) is 11.3 Å². The Hall–Kier alpha value is -1.84. The van der Waals surface area contributed by atoms with Gasteiger partial charge in [0.1, 0.15) is 17.0 Å². The van der Waals surface area contributed by atoms with Crippen LogP contribution in [0, 0.1) is 29.6 Å². The first kappa shape index (κ1) is 8.74. The maximum absolute atomic E-state index is 8.92. The van der Waals surface area contributed by atoms with E-state index in [1.54, 1.807) is 0 Å². The molecule has 1 aromatic carbocycles. The Balaban J connectivity index is 2.88. The fraction of sp³-hybridized carbons (Fsp3) is 0.0909. The SMILES string of the molecule is Cc1cc(C#N)c2sc(C#N)cc2c1. The molecule has 66 valence electrons. The van der Waals surface area contributed by atoms with E-state index in [1.807, 2.05) is 25.1 Å². The van der Waals surface area contributed by atoms with Gasteiger partial charge in [0.05, 0.1) is 10.3 Å². The number of benzene rings is 1. The van der Waals surface area contributed by atoms with Gasteiger partial charge in [0.15, 0.2) is 0 Å². The molecule has 0 atom stereocenters. The fourth-order valence-corrected chi connectivity index (χ4v) is 2.34. The van der Waals surface area contributed by atoms with Gasteiger partial charge in [-0.2, -0.15) is 10.5 Å². The summed E-state index contributed by atoms with van der Waals surface area (Å²) in [5.41, 5.74) is 1.71. The Labute approximate surface area is 85.6 Å². The van der Waals surface area contributed by atoms with Crippen LogP contribution < -0.4 is 0 Å². The summed E-state index contributed by atoms with van der Waals surface area (Å²) in [6.07, 6.45) is 0. The predicted molar refractivity (Wildman–Crippen MR) is 56.0 cm³/mol. The molecule has 0 N–H and O–H groups in total. The van der Waals surface area contributed by atoms with Gasteiger partial charge in [0, 0.05) is 0 Å². The molecule has 0 saturated heterocycles. The molecule has 2 nitrogen and oxygen atoms in total. The molecule has 0 radical (unpaired) electrons. The molecule has 0 unspecified atom stereocenters. The van der Waals surface area contributed by atoms with Crippen LogP contribution in [0.2, 0.25) is 0 Å². The van der Waals surface area contributed by atoms with Crippen LogP contribution >= 0.6 is 11.3 Å². The van der Waals surface area contributed by atoms with Crippen LogP contribution in [0.4, 0.5) is 0 Å². The molecule has 0 spiro atoms. The molecule has 1 aromatic heterocycles. The summed E-state index contributed by atoms with van der Waals surface area (Å²) in [6, 6.07) is 9.91. The lowest BCUT2D eigenvalue weighted by atomic mass is 10.1. The van der Waals surface area contributed by atoms with Crippen LogP contribution in [-0.2, 0) is 0 Å². The maximum atomic E-state index is 8.92. The average molecular weight is 198 g/mol. The van der Waals surface area contributed by atoms with Crippen LogP contribution in [0.3, 0.4) is 0 Å². The lowest BCUT2D eigenvalue weighted by Gasteiger charge is -1.95. The summed E-state index contributed by atoms with van der Waals surface area (Å²) in [7, 11) is 0. The summed E-state index contributed by atoms with van der Waals surface area (Å²) < 4.78 is 0.912. The highest BCUT2D eigenvalue weighted by atomic mass is 32.1. The van der Waals surface area contributed by atoms with Gasteiger partial charge in [-0.1, -0.05) is 6.07 Å². The number of hydrogen-bond acceptors (Lipinski definition) is 3. The first-order valence-corrected chi connectivity index (χ1v) is 4.90. The minimum Gasteiger partial charge on any atom is -0.192 e. The lowest BCUT2D eigenvalue weighted by Crippen LogP contribution is -1.77. The minimum atomic E-state index is 0.655.